The van der Waals surface area contributed by atoms with E-state index < -0.39 is 0 Å². The Morgan fingerprint density at radius 3 is 2.25 bits per heavy atom. The summed E-state index contributed by atoms with van der Waals surface area (Å²) in [5.41, 5.74) is 0. The number of hydrogen-bond acceptors (Lipinski definition) is 3. The standard InChI is InChI=1S/C9H17NO2/c1-2-3-10-6-8-9(7-10)12-5-4-11-8/h8-9H,2-7H2,1H3. The zero-order valence-corrected chi connectivity index (χ0v) is 7.66. The first kappa shape index (κ1) is 8.48. The van der Waals surface area contributed by atoms with Crippen molar-refractivity contribution in [3.05, 3.63) is 0 Å². The van der Waals surface area contributed by atoms with Gasteiger partial charge in [0.1, 0.15) is 0 Å². The van der Waals surface area contributed by atoms with Gasteiger partial charge in [0.25, 0.3) is 0 Å². The number of ether oxygens (including phenoxy) is 2. The number of fused-ring (bicyclic) bond motifs is 1. The Hall–Kier alpha value is -0.120. The first-order chi connectivity index (χ1) is 5.90. The summed E-state index contributed by atoms with van der Waals surface area (Å²) in [6, 6.07) is 0. The Morgan fingerprint density at radius 1 is 1.17 bits per heavy atom. The summed E-state index contributed by atoms with van der Waals surface area (Å²) in [7, 11) is 0. The molecule has 2 heterocycles. The van der Waals surface area contributed by atoms with Crippen LogP contribution in [-0.4, -0.2) is 50.0 Å². The van der Waals surface area contributed by atoms with Gasteiger partial charge in [0, 0.05) is 13.1 Å². The van der Waals surface area contributed by atoms with E-state index in [0.717, 1.165) is 26.3 Å². The van der Waals surface area contributed by atoms with Gasteiger partial charge >= 0.3 is 0 Å². The average Bonchev–Trinajstić information content (AvgIpc) is 2.47. The Bertz CT molecular complexity index is 137. The second-order valence-electron chi connectivity index (χ2n) is 3.58. The predicted octanol–water partition coefficient (Wildman–Crippen LogP) is 0.496. The molecular weight excluding hydrogens is 154 g/mol. The fourth-order valence-corrected chi connectivity index (χ4v) is 2.04. The van der Waals surface area contributed by atoms with Gasteiger partial charge in [0.05, 0.1) is 25.4 Å². The highest BCUT2D eigenvalue weighted by Gasteiger charge is 2.35. The molecule has 0 saturated carbocycles. The zero-order valence-electron chi connectivity index (χ0n) is 7.66. The molecule has 0 radical (unpaired) electrons. The number of hydrogen-bond donors (Lipinski definition) is 0. The van der Waals surface area contributed by atoms with Crippen molar-refractivity contribution in [3.63, 3.8) is 0 Å². The molecule has 2 fully saturated rings. The lowest BCUT2D eigenvalue weighted by atomic mass is 10.2. The first-order valence-corrected chi connectivity index (χ1v) is 4.85. The zero-order chi connectivity index (χ0) is 8.39. The van der Waals surface area contributed by atoms with Crippen molar-refractivity contribution in [2.75, 3.05) is 32.8 Å². The molecule has 2 aliphatic rings. The van der Waals surface area contributed by atoms with Gasteiger partial charge in [-0.15, -0.1) is 0 Å². The van der Waals surface area contributed by atoms with E-state index in [-0.39, 0.29) is 0 Å². The minimum absolute atomic E-state index is 0.352. The summed E-state index contributed by atoms with van der Waals surface area (Å²) in [4.78, 5) is 2.43. The van der Waals surface area contributed by atoms with Gasteiger partial charge in [-0.05, 0) is 13.0 Å². The summed E-state index contributed by atoms with van der Waals surface area (Å²) in [5.74, 6) is 0. The maximum atomic E-state index is 5.61. The van der Waals surface area contributed by atoms with E-state index in [1.54, 1.807) is 0 Å². The topological polar surface area (TPSA) is 21.7 Å². The van der Waals surface area contributed by atoms with Crippen LogP contribution < -0.4 is 0 Å². The fourth-order valence-electron chi connectivity index (χ4n) is 2.04. The smallest absolute Gasteiger partial charge is 0.0976 e. The van der Waals surface area contributed by atoms with Gasteiger partial charge in [-0.25, -0.2) is 0 Å². The van der Waals surface area contributed by atoms with Crippen molar-refractivity contribution in [1.29, 1.82) is 0 Å². The number of nitrogens with zero attached hydrogens (tertiary/aromatic N) is 1. The molecule has 2 rings (SSSR count). The molecule has 0 N–H and O–H groups in total. The van der Waals surface area contributed by atoms with Crippen LogP contribution in [-0.2, 0) is 9.47 Å². The Kier molecular flexibility index (Phi) is 2.63. The predicted molar refractivity (Wildman–Crippen MR) is 46.2 cm³/mol. The molecule has 12 heavy (non-hydrogen) atoms. The first-order valence-electron chi connectivity index (χ1n) is 4.85. The van der Waals surface area contributed by atoms with Crippen LogP contribution in [0, 0.1) is 0 Å². The van der Waals surface area contributed by atoms with Crippen LogP contribution in [0.25, 0.3) is 0 Å². The molecule has 0 bridgehead atoms. The molecule has 2 saturated heterocycles. The molecule has 0 spiro atoms. The molecule has 0 amide bonds. The lowest BCUT2D eigenvalue weighted by molar-refractivity contribution is -0.116. The highest BCUT2D eigenvalue weighted by atomic mass is 16.6. The van der Waals surface area contributed by atoms with Crippen LogP contribution in [0.1, 0.15) is 13.3 Å². The number of rotatable bonds is 2. The minimum Gasteiger partial charge on any atom is -0.372 e. The molecular formula is C9H17NO2. The molecule has 3 nitrogen and oxygen atoms in total. The van der Waals surface area contributed by atoms with Crippen molar-refractivity contribution < 1.29 is 9.47 Å². The Balaban J connectivity index is 1.85. The molecule has 2 atom stereocenters. The Labute approximate surface area is 73.6 Å². The van der Waals surface area contributed by atoms with E-state index in [4.69, 9.17) is 9.47 Å². The van der Waals surface area contributed by atoms with E-state index in [0.29, 0.717) is 12.2 Å². The second kappa shape index (κ2) is 3.73. The molecule has 3 heteroatoms. The van der Waals surface area contributed by atoms with Gasteiger partial charge in [-0.1, -0.05) is 6.92 Å². The maximum absolute atomic E-state index is 5.61. The monoisotopic (exact) mass is 171 g/mol. The van der Waals surface area contributed by atoms with Crippen LogP contribution in [0.15, 0.2) is 0 Å². The molecule has 0 aliphatic carbocycles. The Morgan fingerprint density at radius 2 is 1.75 bits per heavy atom. The third kappa shape index (κ3) is 1.63. The van der Waals surface area contributed by atoms with Crippen LogP contribution in [0.5, 0.6) is 0 Å². The normalized spacial score (nSPS) is 36.8. The molecule has 70 valence electrons. The van der Waals surface area contributed by atoms with Gasteiger partial charge in [-0.3, -0.25) is 4.90 Å². The average molecular weight is 171 g/mol. The van der Waals surface area contributed by atoms with E-state index in [1.807, 2.05) is 0 Å². The summed E-state index contributed by atoms with van der Waals surface area (Å²) >= 11 is 0. The highest BCUT2D eigenvalue weighted by Crippen LogP contribution is 2.19. The lowest BCUT2D eigenvalue weighted by Crippen LogP contribution is -2.36. The van der Waals surface area contributed by atoms with Gasteiger partial charge in [0.2, 0.25) is 0 Å². The van der Waals surface area contributed by atoms with E-state index in [2.05, 4.69) is 11.8 Å². The maximum Gasteiger partial charge on any atom is 0.0976 e. The van der Waals surface area contributed by atoms with E-state index >= 15 is 0 Å². The van der Waals surface area contributed by atoms with E-state index in [1.165, 1.54) is 13.0 Å². The van der Waals surface area contributed by atoms with Gasteiger partial charge < -0.3 is 9.47 Å². The van der Waals surface area contributed by atoms with Gasteiger partial charge in [0.15, 0.2) is 0 Å². The summed E-state index contributed by atoms with van der Waals surface area (Å²) < 4.78 is 11.2. The molecule has 0 aromatic carbocycles. The van der Waals surface area contributed by atoms with Crippen molar-refractivity contribution in [3.8, 4) is 0 Å². The summed E-state index contributed by atoms with van der Waals surface area (Å²) in [5, 5.41) is 0. The fraction of sp³-hybridized carbons (Fsp3) is 1.00. The number of likely N-dealkylation sites (tertiary alicyclic amines) is 1. The van der Waals surface area contributed by atoms with Crippen molar-refractivity contribution in [2.24, 2.45) is 0 Å². The third-order valence-corrected chi connectivity index (χ3v) is 2.58. The van der Waals surface area contributed by atoms with Crippen LogP contribution in [0.2, 0.25) is 0 Å². The second-order valence-corrected chi connectivity index (χ2v) is 3.58. The largest absolute Gasteiger partial charge is 0.372 e. The molecule has 0 aromatic rings. The van der Waals surface area contributed by atoms with E-state index in [9.17, 15) is 0 Å². The van der Waals surface area contributed by atoms with Crippen molar-refractivity contribution in [1.82, 2.24) is 4.90 Å². The third-order valence-electron chi connectivity index (χ3n) is 2.58. The highest BCUT2D eigenvalue weighted by molar-refractivity contribution is 4.87. The quantitative estimate of drug-likeness (QED) is 0.604. The molecule has 2 unspecified atom stereocenters. The van der Waals surface area contributed by atoms with Crippen molar-refractivity contribution >= 4 is 0 Å². The summed E-state index contributed by atoms with van der Waals surface area (Å²) in [6.07, 6.45) is 1.93. The van der Waals surface area contributed by atoms with Crippen LogP contribution >= 0.6 is 0 Å². The molecule has 2 aliphatic heterocycles. The van der Waals surface area contributed by atoms with Crippen LogP contribution in [0.4, 0.5) is 0 Å². The SMILES string of the molecule is CCCN1CC2OCCOC2C1. The lowest BCUT2D eigenvalue weighted by Gasteiger charge is -2.24. The summed E-state index contributed by atoms with van der Waals surface area (Å²) in [6.45, 7) is 7.09. The van der Waals surface area contributed by atoms with Crippen LogP contribution in [0.3, 0.4) is 0 Å². The van der Waals surface area contributed by atoms with Crippen molar-refractivity contribution in [2.45, 2.75) is 25.6 Å². The molecule has 0 aromatic heterocycles. The minimum atomic E-state index is 0.352. The van der Waals surface area contributed by atoms with Gasteiger partial charge in [-0.2, -0.15) is 0 Å².